The number of esters is 1. The van der Waals surface area contributed by atoms with Gasteiger partial charge in [-0.1, -0.05) is 68.3 Å². The SMILES string of the molecule is CCC/C=C/C(Cc1c(C(=O)O[C@H](C)CCC)c(O)cc(O)c1C1CCCCO1)=N\OCc1ccccc1. The molecule has 1 aliphatic heterocycles. The van der Waals surface area contributed by atoms with Crippen molar-refractivity contribution in [2.75, 3.05) is 6.61 Å². The highest BCUT2D eigenvalue weighted by atomic mass is 16.6. The van der Waals surface area contributed by atoms with Crippen LogP contribution in [0.15, 0.2) is 53.7 Å². The van der Waals surface area contributed by atoms with Crippen LogP contribution in [0.1, 0.15) is 98.9 Å². The molecule has 1 unspecified atom stereocenters. The summed E-state index contributed by atoms with van der Waals surface area (Å²) < 4.78 is 11.7. The van der Waals surface area contributed by atoms with Crippen LogP contribution >= 0.6 is 0 Å². The van der Waals surface area contributed by atoms with Gasteiger partial charge in [0, 0.05) is 24.7 Å². The molecule has 2 aromatic carbocycles. The highest BCUT2D eigenvalue weighted by Gasteiger charge is 2.31. The summed E-state index contributed by atoms with van der Waals surface area (Å²) >= 11 is 0. The van der Waals surface area contributed by atoms with E-state index in [4.69, 9.17) is 14.3 Å². The first-order chi connectivity index (χ1) is 18.4. The quantitative estimate of drug-likeness (QED) is 0.164. The van der Waals surface area contributed by atoms with Crippen molar-refractivity contribution in [1.82, 2.24) is 0 Å². The van der Waals surface area contributed by atoms with Crippen LogP contribution in [0.2, 0.25) is 0 Å². The summed E-state index contributed by atoms with van der Waals surface area (Å²) in [5.41, 5.74) is 2.53. The Morgan fingerprint density at radius 1 is 1.16 bits per heavy atom. The van der Waals surface area contributed by atoms with Crippen LogP contribution < -0.4 is 0 Å². The standard InChI is InChI=1S/C31H41NO6/c1-4-6-8-16-24(32-37-21-23-14-9-7-10-15-23)19-25-29(28-17-11-12-18-36-28)26(33)20-27(34)30(25)31(35)38-22(3)13-5-2/h7-10,14-16,20,22,28,33-34H,4-6,11-13,17-19,21H2,1-3H3/b16-8+,32-24+/t22-,28?/m1/s1. The van der Waals surface area contributed by atoms with Crippen molar-refractivity contribution < 1.29 is 29.3 Å². The number of aromatic hydroxyl groups is 2. The third-order valence-electron chi connectivity index (χ3n) is 6.52. The minimum atomic E-state index is -0.627. The number of carbonyl (C=O) groups is 1. The summed E-state index contributed by atoms with van der Waals surface area (Å²) in [4.78, 5) is 19.1. The molecular weight excluding hydrogens is 482 g/mol. The number of phenols is 2. The fraction of sp³-hybridized carbons (Fsp3) is 0.484. The lowest BCUT2D eigenvalue weighted by Crippen LogP contribution is -2.21. The fourth-order valence-electron chi connectivity index (χ4n) is 4.62. The fourth-order valence-corrected chi connectivity index (χ4v) is 4.62. The number of rotatable bonds is 13. The number of oxime groups is 1. The van der Waals surface area contributed by atoms with Crippen LogP contribution in [0.25, 0.3) is 0 Å². The lowest BCUT2D eigenvalue weighted by atomic mass is 9.88. The molecule has 206 valence electrons. The molecule has 0 spiro atoms. The van der Waals surface area contributed by atoms with E-state index in [0.717, 1.165) is 37.7 Å². The van der Waals surface area contributed by atoms with E-state index in [1.54, 1.807) is 0 Å². The summed E-state index contributed by atoms with van der Waals surface area (Å²) in [5.74, 6) is -1.06. The highest BCUT2D eigenvalue weighted by molar-refractivity contribution is 6.01. The molecule has 1 heterocycles. The first-order valence-corrected chi connectivity index (χ1v) is 13.7. The van der Waals surface area contributed by atoms with Crippen molar-refractivity contribution in [3.63, 3.8) is 0 Å². The van der Waals surface area contributed by atoms with E-state index in [2.05, 4.69) is 12.1 Å². The molecule has 1 saturated heterocycles. The van der Waals surface area contributed by atoms with Gasteiger partial charge in [0.2, 0.25) is 0 Å². The Morgan fingerprint density at radius 3 is 2.63 bits per heavy atom. The summed E-state index contributed by atoms with van der Waals surface area (Å²) in [7, 11) is 0. The van der Waals surface area contributed by atoms with E-state index in [1.165, 1.54) is 6.07 Å². The van der Waals surface area contributed by atoms with Gasteiger partial charge >= 0.3 is 5.97 Å². The number of phenolic OH excluding ortho intramolecular Hbond substituents is 2. The molecule has 0 aromatic heterocycles. The van der Waals surface area contributed by atoms with Crippen molar-refractivity contribution in [2.45, 2.75) is 91.0 Å². The molecule has 0 radical (unpaired) electrons. The maximum Gasteiger partial charge on any atom is 0.342 e. The third kappa shape index (κ3) is 8.35. The summed E-state index contributed by atoms with van der Waals surface area (Å²) in [6.45, 7) is 6.80. The second kappa shape index (κ2) is 15.2. The predicted octanol–water partition coefficient (Wildman–Crippen LogP) is 7.16. The van der Waals surface area contributed by atoms with Crippen molar-refractivity contribution in [2.24, 2.45) is 5.16 Å². The number of hydrogen-bond acceptors (Lipinski definition) is 7. The predicted molar refractivity (Wildman–Crippen MR) is 149 cm³/mol. The lowest BCUT2D eigenvalue weighted by molar-refractivity contribution is 0.0129. The Kier molecular flexibility index (Phi) is 11.7. The molecule has 3 rings (SSSR count). The Balaban J connectivity index is 2.03. The second-order valence-electron chi connectivity index (χ2n) is 9.75. The molecule has 1 aliphatic rings. The smallest absolute Gasteiger partial charge is 0.342 e. The minimum Gasteiger partial charge on any atom is -0.507 e. The van der Waals surface area contributed by atoms with Gasteiger partial charge < -0.3 is 24.5 Å². The van der Waals surface area contributed by atoms with Crippen LogP contribution in [-0.4, -0.2) is 34.6 Å². The molecule has 1 fully saturated rings. The largest absolute Gasteiger partial charge is 0.507 e. The Bertz CT molecular complexity index is 1090. The molecule has 7 heteroatoms. The van der Waals surface area contributed by atoms with E-state index in [0.29, 0.717) is 42.9 Å². The molecule has 0 aliphatic carbocycles. The van der Waals surface area contributed by atoms with E-state index < -0.39 is 12.1 Å². The average Bonchev–Trinajstić information content (AvgIpc) is 2.89. The average molecular weight is 524 g/mol. The van der Waals surface area contributed by atoms with Crippen molar-refractivity contribution >= 4 is 11.7 Å². The minimum absolute atomic E-state index is 0.0366. The Labute approximate surface area is 226 Å². The Hall–Kier alpha value is -3.32. The highest BCUT2D eigenvalue weighted by Crippen LogP contribution is 2.41. The summed E-state index contributed by atoms with van der Waals surface area (Å²) in [6, 6.07) is 10.9. The van der Waals surface area contributed by atoms with Gasteiger partial charge in [0.05, 0.1) is 17.9 Å². The Morgan fingerprint density at radius 2 is 1.95 bits per heavy atom. The number of nitrogens with zero attached hydrogens (tertiary/aromatic N) is 1. The van der Waals surface area contributed by atoms with E-state index >= 15 is 0 Å². The van der Waals surface area contributed by atoms with Crippen molar-refractivity contribution in [3.8, 4) is 11.5 Å². The lowest BCUT2D eigenvalue weighted by Gasteiger charge is -2.27. The van der Waals surface area contributed by atoms with E-state index in [1.807, 2.05) is 56.3 Å². The van der Waals surface area contributed by atoms with Crippen LogP contribution in [0, 0.1) is 0 Å². The van der Waals surface area contributed by atoms with Gasteiger partial charge in [-0.15, -0.1) is 0 Å². The third-order valence-corrected chi connectivity index (χ3v) is 6.52. The zero-order valence-corrected chi connectivity index (χ0v) is 22.8. The van der Waals surface area contributed by atoms with Gasteiger partial charge in [0.15, 0.2) is 0 Å². The molecule has 7 nitrogen and oxygen atoms in total. The van der Waals surface area contributed by atoms with Crippen LogP contribution in [-0.2, 0) is 27.3 Å². The molecule has 2 N–H and O–H groups in total. The summed E-state index contributed by atoms with van der Waals surface area (Å²) in [5, 5.41) is 26.2. The monoisotopic (exact) mass is 523 g/mol. The van der Waals surface area contributed by atoms with Crippen LogP contribution in [0.5, 0.6) is 11.5 Å². The normalized spacial score (nSPS) is 16.9. The topological polar surface area (TPSA) is 97.6 Å². The van der Waals surface area contributed by atoms with Gasteiger partial charge in [-0.25, -0.2) is 4.79 Å². The van der Waals surface area contributed by atoms with Crippen LogP contribution in [0.4, 0.5) is 0 Å². The van der Waals surface area contributed by atoms with Gasteiger partial charge in [-0.3, -0.25) is 0 Å². The number of unbranched alkanes of at least 4 members (excludes halogenated alkanes) is 1. The zero-order valence-electron chi connectivity index (χ0n) is 22.8. The van der Waals surface area contributed by atoms with Gasteiger partial charge in [-0.2, -0.15) is 0 Å². The molecule has 38 heavy (non-hydrogen) atoms. The molecule has 0 bridgehead atoms. The number of carbonyl (C=O) groups excluding carboxylic acids is 1. The van der Waals surface area contributed by atoms with Crippen molar-refractivity contribution in [1.29, 1.82) is 0 Å². The maximum atomic E-state index is 13.4. The van der Waals surface area contributed by atoms with E-state index in [9.17, 15) is 15.0 Å². The first-order valence-electron chi connectivity index (χ1n) is 13.7. The second-order valence-corrected chi connectivity index (χ2v) is 9.75. The van der Waals surface area contributed by atoms with Crippen molar-refractivity contribution in [3.05, 3.63) is 70.8 Å². The molecule has 0 saturated carbocycles. The zero-order chi connectivity index (χ0) is 27.3. The molecular formula is C31H41NO6. The number of allylic oxidation sites excluding steroid dienone is 2. The van der Waals surface area contributed by atoms with Gasteiger partial charge in [0.1, 0.15) is 23.7 Å². The van der Waals surface area contributed by atoms with E-state index in [-0.39, 0.29) is 29.6 Å². The molecule has 2 aromatic rings. The summed E-state index contributed by atoms with van der Waals surface area (Å²) in [6.07, 6.45) is 9.29. The number of benzene rings is 2. The molecule has 2 atom stereocenters. The van der Waals surface area contributed by atoms with Gasteiger partial charge in [0.25, 0.3) is 0 Å². The first kappa shape index (κ1) is 29.2. The number of ether oxygens (including phenoxy) is 2. The molecule has 0 amide bonds. The maximum absolute atomic E-state index is 13.4. The number of hydrogen-bond donors (Lipinski definition) is 2. The van der Waals surface area contributed by atoms with Crippen LogP contribution in [0.3, 0.4) is 0 Å². The van der Waals surface area contributed by atoms with Gasteiger partial charge in [-0.05, 0) is 56.2 Å².